The van der Waals surface area contributed by atoms with Crippen molar-refractivity contribution in [1.82, 2.24) is 20.0 Å². The maximum absolute atomic E-state index is 13.3. The van der Waals surface area contributed by atoms with Gasteiger partial charge in [0.1, 0.15) is 0 Å². The number of nitrogens with zero attached hydrogens (tertiary/aromatic N) is 5. The molecule has 0 saturated carbocycles. The maximum atomic E-state index is 13.3. The Kier molecular flexibility index (Phi) is 53.4. The smallest absolute Gasteiger partial charge is 0.638 e. The molecule has 0 aromatic heterocycles. The number of rotatable bonds is 11. The molecule has 4 aliphatic heterocycles. The van der Waals surface area contributed by atoms with Crippen LogP contribution in [0.25, 0.3) is 53.7 Å². The van der Waals surface area contributed by atoms with Gasteiger partial charge in [0.25, 0.3) is 23.6 Å². The molecule has 506 valence electrons. The third kappa shape index (κ3) is 24.6. The molecule has 4 heterocycles. The maximum Gasteiger partial charge on any atom is 1.00 e. The number of carbonyl (C=O) groups excluding carboxylic acids is 8. The average Bonchev–Trinajstić information content (AvgIpc) is 0.779. The average molecular weight is 1450 g/mol. The fourth-order valence-corrected chi connectivity index (χ4v) is 9.20. The van der Waals surface area contributed by atoms with Crippen molar-refractivity contribution in [2.45, 2.75) is 146 Å². The van der Waals surface area contributed by atoms with Gasteiger partial charge < -0.3 is 41.8 Å². The first kappa shape index (κ1) is 96.1. The van der Waals surface area contributed by atoms with E-state index in [2.05, 4.69) is 25.4 Å². The summed E-state index contributed by atoms with van der Waals surface area (Å²) in [7, 11) is 0. The van der Waals surface area contributed by atoms with Crippen molar-refractivity contribution in [3.05, 3.63) is 201 Å². The summed E-state index contributed by atoms with van der Waals surface area (Å²) in [6.07, 6.45) is 0. The predicted molar refractivity (Wildman–Crippen MR) is 385 cm³/mol. The number of ether oxygens (including phenoxy) is 2. The molecule has 0 unspecified atom stereocenters. The molecular formula is C75H104N8O10Rb2. The summed E-state index contributed by atoms with van der Waals surface area (Å²) in [5.41, 5.74) is 13.9. The van der Waals surface area contributed by atoms with E-state index in [9.17, 15) is 38.4 Å². The SMILES string of the molecule is C.C.CC.CC.CC.CC.CC.CC.CC.CC.CC(C)N(C[N-]CN1C(=O)c2cccc3cccc(c23)C1=O)CN1C(=O)c2cccc3cccc(c23)C1=O.NC[N-]CNCN.O=C1OC(=O)c2cccc3cccc1c23.O=C1OC(=O)c2cccc3cccc1c23.[Rb+].[Rb+]. The number of esters is 4. The third-order valence-electron chi connectivity index (χ3n) is 12.8. The van der Waals surface area contributed by atoms with E-state index in [1.54, 1.807) is 84.9 Å². The van der Waals surface area contributed by atoms with Gasteiger partial charge in [0.15, 0.2) is 0 Å². The zero-order valence-electron chi connectivity index (χ0n) is 58.6. The predicted octanol–water partition coefficient (Wildman–Crippen LogP) is 11.4. The number of imide groups is 2. The number of nitrogens with two attached hydrogens (primary N) is 2. The second-order valence-electron chi connectivity index (χ2n) is 17.6. The molecule has 0 fully saturated rings. The van der Waals surface area contributed by atoms with E-state index in [0.717, 1.165) is 26.4 Å². The van der Waals surface area contributed by atoms with Gasteiger partial charge in [0.05, 0.1) is 28.9 Å². The van der Waals surface area contributed by atoms with E-state index in [1.165, 1.54) is 4.90 Å². The van der Waals surface area contributed by atoms with Gasteiger partial charge in [-0.05, 0) is 83.9 Å². The molecule has 8 aromatic rings. The summed E-state index contributed by atoms with van der Waals surface area (Å²) >= 11 is 0. The first-order valence-corrected chi connectivity index (χ1v) is 31.8. The molecule has 0 spiro atoms. The molecule has 0 atom stereocenters. The zero-order valence-corrected chi connectivity index (χ0v) is 68.5. The Balaban J connectivity index is -0.000000607. The molecule has 0 aliphatic carbocycles. The minimum Gasteiger partial charge on any atom is -0.638 e. The number of nitrogens with one attached hydrogen (secondary N) is 1. The van der Waals surface area contributed by atoms with Crippen LogP contribution in [0.1, 0.15) is 222 Å². The number of amides is 4. The first-order valence-electron chi connectivity index (χ1n) is 31.8. The van der Waals surface area contributed by atoms with Crippen LogP contribution in [-0.2, 0) is 9.47 Å². The standard InChI is InChI=1S/C30H25N4O4.2C12H6O3.C3H11N4.8C2H6.2CH4.2Rb/c1-18(2)32(17-34-29(37)23-13-5-9-20-10-6-14-24(26(20)23)30(34)38)15-31-16-33-27(35)21-11-3-7-19-8-4-12-22(25(19)21)28(33)36;2*13-11-8-5-1-3-7-4-2-6-9(10(7)8)12(14)15-11;4-1-6-3-7-2-5;8*1-2;;;;/h3-14,18H,15-17H2,1-2H3;2*1-6H;6H,1-5H2;8*1-2H3;2*1H4;;/q-1;;;-1;;;;;;;;;;;2*+1. The molecule has 0 radical (unpaired) electrons. The van der Waals surface area contributed by atoms with Crippen LogP contribution in [0.3, 0.4) is 0 Å². The van der Waals surface area contributed by atoms with Crippen molar-refractivity contribution in [3.8, 4) is 0 Å². The van der Waals surface area contributed by atoms with Gasteiger partial charge in [-0.1, -0.05) is 249 Å². The van der Waals surface area contributed by atoms with Gasteiger partial charge in [-0.3, -0.25) is 29.0 Å². The second-order valence-corrected chi connectivity index (χ2v) is 17.6. The Hall–Kier alpha value is -5.27. The van der Waals surface area contributed by atoms with Crippen LogP contribution in [0, 0.1) is 0 Å². The molecule has 0 bridgehead atoms. The molecule has 95 heavy (non-hydrogen) atoms. The monoisotopic (exact) mass is 1450 g/mol. The molecule has 18 nitrogen and oxygen atoms in total. The van der Waals surface area contributed by atoms with Gasteiger partial charge in [-0.15, -0.1) is 0 Å². The normalized spacial score (nSPS) is 11.7. The van der Waals surface area contributed by atoms with Crippen molar-refractivity contribution in [1.29, 1.82) is 0 Å². The van der Waals surface area contributed by atoms with Crippen molar-refractivity contribution in [3.63, 3.8) is 0 Å². The van der Waals surface area contributed by atoms with Crippen molar-refractivity contribution in [2.24, 2.45) is 11.5 Å². The van der Waals surface area contributed by atoms with E-state index in [1.807, 2.05) is 190 Å². The summed E-state index contributed by atoms with van der Waals surface area (Å²) < 4.78 is 9.25. The van der Waals surface area contributed by atoms with Crippen LogP contribution >= 0.6 is 0 Å². The minimum atomic E-state index is -0.565. The fourth-order valence-electron chi connectivity index (χ4n) is 9.20. The largest absolute Gasteiger partial charge is 1.00 e. The summed E-state index contributed by atoms with van der Waals surface area (Å²) in [4.78, 5) is 103. The van der Waals surface area contributed by atoms with Gasteiger partial charge >= 0.3 is 140 Å². The van der Waals surface area contributed by atoms with Gasteiger partial charge in [-0.25, -0.2) is 19.2 Å². The Bertz CT molecular complexity index is 3360. The van der Waals surface area contributed by atoms with E-state index in [0.29, 0.717) is 86.1 Å². The fraction of sp³-hybridized carbons (Fsp3) is 0.360. The third-order valence-corrected chi connectivity index (χ3v) is 12.8. The van der Waals surface area contributed by atoms with Gasteiger partial charge in [0, 0.05) is 56.5 Å². The van der Waals surface area contributed by atoms with E-state index in [-0.39, 0.29) is 181 Å². The van der Waals surface area contributed by atoms with Crippen LogP contribution < -0.4 is 133 Å². The number of benzene rings is 8. The Morgan fingerprint density at radius 3 is 0.874 bits per heavy atom. The quantitative estimate of drug-likeness (QED) is 0.0358. The van der Waals surface area contributed by atoms with Crippen LogP contribution in [0.4, 0.5) is 0 Å². The van der Waals surface area contributed by atoms with Crippen LogP contribution in [0.15, 0.2) is 146 Å². The van der Waals surface area contributed by atoms with Gasteiger partial charge in [-0.2, -0.15) is 0 Å². The minimum absolute atomic E-state index is 0. The molecule has 20 heteroatoms. The summed E-state index contributed by atoms with van der Waals surface area (Å²) in [5.74, 6) is -3.73. The summed E-state index contributed by atoms with van der Waals surface area (Å²) in [5, 5.41) is 17.2. The summed E-state index contributed by atoms with van der Waals surface area (Å²) in [6.45, 7) is 37.3. The van der Waals surface area contributed by atoms with E-state index in [4.69, 9.17) is 11.5 Å². The Labute approximate surface area is 664 Å². The molecule has 4 amide bonds. The molecular weight excluding hydrogens is 1340 g/mol. The number of hydrogen-bond donors (Lipinski definition) is 3. The molecule has 4 aliphatic rings. The number of cyclic esters (lactones) is 4. The first-order chi connectivity index (χ1) is 44.3. The molecule has 12 rings (SSSR count). The Morgan fingerprint density at radius 2 is 0.632 bits per heavy atom. The topological polar surface area (TPSA) is 257 Å². The zero-order chi connectivity index (χ0) is 68.9. The summed E-state index contributed by atoms with van der Waals surface area (Å²) in [6, 6.07) is 42.9. The molecule has 8 aromatic carbocycles. The van der Waals surface area contributed by atoms with Crippen LogP contribution in [0.5, 0.6) is 0 Å². The molecule has 0 saturated heterocycles. The van der Waals surface area contributed by atoms with Crippen molar-refractivity contribution < 1.29 is 164 Å². The second kappa shape index (κ2) is 52.8. The van der Waals surface area contributed by atoms with Gasteiger partial charge in [0.2, 0.25) is 0 Å². The van der Waals surface area contributed by atoms with Crippen molar-refractivity contribution >= 4 is 90.6 Å². The van der Waals surface area contributed by atoms with Crippen LogP contribution in [0.2, 0.25) is 0 Å². The van der Waals surface area contributed by atoms with Crippen molar-refractivity contribution in [2.75, 3.05) is 40.0 Å². The number of hydrogen-bond acceptors (Lipinski definition) is 14. The van der Waals surface area contributed by atoms with E-state index < -0.39 is 23.9 Å². The number of carbonyl (C=O) groups is 8. The van der Waals surface area contributed by atoms with E-state index >= 15 is 0 Å². The Morgan fingerprint density at radius 1 is 0.389 bits per heavy atom. The van der Waals surface area contributed by atoms with Crippen LogP contribution in [-0.4, -0.2) is 108 Å². The molecule has 5 N–H and O–H groups in total.